The van der Waals surface area contributed by atoms with Gasteiger partial charge in [0.25, 0.3) is 5.91 Å². The van der Waals surface area contributed by atoms with Crippen molar-refractivity contribution in [3.05, 3.63) is 112 Å². The molecule has 35 heavy (non-hydrogen) atoms. The standard InChI is InChI=1S/C27H21Cl2N3O3/c1-2-12-35-19-8-5-7-16(13-19)26-23-24(20-14-18(28)10-11-22(20)33)30-31-25(23)27(34)32(26)15-17-6-3-4-9-21(17)29/h2-11,13-14,26,33H,1,12,15H2,(H,30,31). The van der Waals surface area contributed by atoms with Gasteiger partial charge in [-0.25, -0.2) is 0 Å². The normalized spacial score (nSPS) is 14.7. The van der Waals surface area contributed by atoms with Crippen molar-refractivity contribution < 1.29 is 14.6 Å². The number of phenolic OH excluding ortho intramolecular Hbond substituents is 1. The lowest BCUT2D eigenvalue weighted by molar-refractivity contribution is 0.0730. The van der Waals surface area contributed by atoms with Crippen molar-refractivity contribution in [1.29, 1.82) is 0 Å². The van der Waals surface area contributed by atoms with Gasteiger partial charge in [-0.2, -0.15) is 5.10 Å². The Hall–Kier alpha value is -3.74. The molecule has 1 aromatic heterocycles. The summed E-state index contributed by atoms with van der Waals surface area (Å²) >= 11 is 12.7. The van der Waals surface area contributed by atoms with E-state index in [1.54, 1.807) is 29.2 Å². The number of carbonyl (C=O) groups is 1. The smallest absolute Gasteiger partial charge is 0.273 e. The number of aromatic amines is 1. The molecule has 1 aliphatic heterocycles. The van der Waals surface area contributed by atoms with Crippen LogP contribution in [0, 0.1) is 0 Å². The molecule has 1 unspecified atom stereocenters. The molecule has 2 heterocycles. The van der Waals surface area contributed by atoms with E-state index in [-0.39, 0.29) is 18.2 Å². The van der Waals surface area contributed by atoms with E-state index in [0.29, 0.717) is 44.9 Å². The number of ether oxygens (including phenoxy) is 1. The first-order valence-electron chi connectivity index (χ1n) is 10.9. The lowest BCUT2D eigenvalue weighted by Crippen LogP contribution is -2.29. The monoisotopic (exact) mass is 505 g/mol. The van der Waals surface area contributed by atoms with Crippen molar-refractivity contribution in [3.8, 4) is 22.8 Å². The molecule has 6 nitrogen and oxygen atoms in total. The van der Waals surface area contributed by atoms with Gasteiger partial charge in [-0.1, -0.05) is 66.2 Å². The molecule has 8 heteroatoms. The third-order valence-corrected chi connectivity index (χ3v) is 6.52. The van der Waals surface area contributed by atoms with Gasteiger partial charge in [0.1, 0.15) is 29.5 Å². The molecule has 176 valence electrons. The molecule has 5 rings (SSSR count). The maximum Gasteiger partial charge on any atom is 0.273 e. The minimum absolute atomic E-state index is 0.0162. The fourth-order valence-electron chi connectivity index (χ4n) is 4.35. The summed E-state index contributed by atoms with van der Waals surface area (Å²) in [7, 11) is 0. The van der Waals surface area contributed by atoms with E-state index in [2.05, 4.69) is 16.8 Å². The second-order valence-corrected chi connectivity index (χ2v) is 8.97. The molecule has 0 fully saturated rings. The molecule has 4 aromatic rings. The van der Waals surface area contributed by atoms with E-state index in [1.165, 1.54) is 6.07 Å². The second kappa shape index (κ2) is 9.49. The largest absolute Gasteiger partial charge is 0.507 e. The maximum absolute atomic E-state index is 13.6. The summed E-state index contributed by atoms with van der Waals surface area (Å²) in [6, 6.07) is 19.2. The van der Waals surface area contributed by atoms with Gasteiger partial charge >= 0.3 is 0 Å². The quantitative estimate of drug-likeness (QED) is 0.285. The minimum atomic E-state index is -0.506. The van der Waals surface area contributed by atoms with Crippen molar-refractivity contribution >= 4 is 29.1 Å². The van der Waals surface area contributed by atoms with Crippen molar-refractivity contribution in [2.45, 2.75) is 12.6 Å². The highest BCUT2D eigenvalue weighted by Crippen LogP contribution is 2.46. The topological polar surface area (TPSA) is 78.5 Å². The number of hydrogen-bond acceptors (Lipinski definition) is 4. The summed E-state index contributed by atoms with van der Waals surface area (Å²) in [6.45, 7) is 4.34. The summed E-state index contributed by atoms with van der Waals surface area (Å²) in [5, 5.41) is 18.9. The number of aromatic nitrogens is 2. The number of nitrogens with one attached hydrogen (secondary N) is 1. The van der Waals surface area contributed by atoms with Gasteiger partial charge in [-0.05, 0) is 47.5 Å². The van der Waals surface area contributed by atoms with Gasteiger partial charge in [0.15, 0.2) is 0 Å². The first-order chi connectivity index (χ1) is 17.0. The van der Waals surface area contributed by atoms with Crippen LogP contribution in [0.15, 0.2) is 79.4 Å². The number of hydrogen-bond donors (Lipinski definition) is 2. The Morgan fingerprint density at radius 3 is 2.74 bits per heavy atom. The highest BCUT2D eigenvalue weighted by molar-refractivity contribution is 6.31. The Kier molecular flexibility index (Phi) is 6.24. The van der Waals surface area contributed by atoms with Crippen LogP contribution < -0.4 is 4.74 Å². The molecule has 1 atom stereocenters. The van der Waals surface area contributed by atoms with E-state index < -0.39 is 6.04 Å². The third-order valence-electron chi connectivity index (χ3n) is 5.92. The van der Waals surface area contributed by atoms with Gasteiger partial charge in [-0.15, -0.1) is 0 Å². The number of carbonyl (C=O) groups excluding carboxylic acids is 1. The van der Waals surface area contributed by atoms with Gasteiger partial charge in [0.2, 0.25) is 0 Å². The van der Waals surface area contributed by atoms with Crippen LogP contribution in [0.1, 0.15) is 33.2 Å². The first kappa shape index (κ1) is 23.0. The fraction of sp³-hybridized carbons (Fsp3) is 0.111. The molecule has 0 bridgehead atoms. The Bertz CT molecular complexity index is 1430. The number of benzene rings is 3. The minimum Gasteiger partial charge on any atom is -0.507 e. The number of H-pyrrole nitrogens is 1. The Morgan fingerprint density at radius 1 is 1.11 bits per heavy atom. The molecule has 0 aliphatic carbocycles. The number of amides is 1. The Morgan fingerprint density at radius 2 is 1.94 bits per heavy atom. The van der Waals surface area contributed by atoms with Gasteiger partial charge in [0.05, 0.1) is 6.04 Å². The molecule has 1 aliphatic rings. The van der Waals surface area contributed by atoms with E-state index in [1.807, 2.05) is 42.5 Å². The van der Waals surface area contributed by atoms with E-state index in [0.717, 1.165) is 11.1 Å². The van der Waals surface area contributed by atoms with Crippen LogP contribution in [0.2, 0.25) is 10.0 Å². The lowest BCUT2D eigenvalue weighted by Gasteiger charge is -2.27. The Balaban J connectivity index is 1.67. The zero-order chi connectivity index (χ0) is 24.5. The summed E-state index contributed by atoms with van der Waals surface area (Å²) in [5.74, 6) is 0.446. The number of nitrogens with zero attached hydrogens (tertiary/aromatic N) is 2. The van der Waals surface area contributed by atoms with Crippen LogP contribution in [-0.2, 0) is 6.54 Å². The van der Waals surface area contributed by atoms with Crippen molar-refractivity contribution in [2.24, 2.45) is 0 Å². The lowest BCUT2D eigenvalue weighted by atomic mass is 9.95. The summed E-state index contributed by atoms with van der Waals surface area (Å²) < 4.78 is 5.75. The fourth-order valence-corrected chi connectivity index (χ4v) is 4.72. The third kappa shape index (κ3) is 4.27. The Labute approximate surface area is 212 Å². The van der Waals surface area contributed by atoms with Crippen LogP contribution in [0.3, 0.4) is 0 Å². The first-order valence-corrected chi connectivity index (χ1v) is 11.7. The number of halogens is 2. The molecular formula is C27H21Cl2N3O3. The van der Waals surface area contributed by atoms with Crippen LogP contribution >= 0.6 is 23.2 Å². The van der Waals surface area contributed by atoms with Crippen LogP contribution in [0.4, 0.5) is 0 Å². The van der Waals surface area contributed by atoms with E-state index in [4.69, 9.17) is 27.9 Å². The predicted octanol–water partition coefficient (Wildman–Crippen LogP) is 6.40. The van der Waals surface area contributed by atoms with Gasteiger partial charge in [0, 0.05) is 27.7 Å². The van der Waals surface area contributed by atoms with Crippen LogP contribution in [0.25, 0.3) is 11.3 Å². The SMILES string of the molecule is C=CCOc1cccc(C2c3c(-c4cc(Cl)ccc4O)n[nH]c3C(=O)N2Cc2ccccc2Cl)c1. The molecule has 1 amide bonds. The molecule has 3 aromatic carbocycles. The molecule has 0 spiro atoms. The summed E-state index contributed by atoms with van der Waals surface area (Å²) in [6.07, 6.45) is 1.67. The predicted molar refractivity (Wildman–Crippen MR) is 136 cm³/mol. The molecule has 0 radical (unpaired) electrons. The van der Waals surface area contributed by atoms with Gasteiger partial charge in [-0.3, -0.25) is 9.89 Å². The zero-order valence-electron chi connectivity index (χ0n) is 18.5. The highest BCUT2D eigenvalue weighted by Gasteiger charge is 2.42. The highest BCUT2D eigenvalue weighted by atomic mass is 35.5. The molecular weight excluding hydrogens is 485 g/mol. The summed E-state index contributed by atoms with van der Waals surface area (Å²) in [4.78, 5) is 15.4. The van der Waals surface area contributed by atoms with Crippen molar-refractivity contribution in [3.63, 3.8) is 0 Å². The number of phenols is 1. The second-order valence-electron chi connectivity index (χ2n) is 8.12. The molecule has 2 N–H and O–H groups in total. The van der Waals surface area contributed by atoms with Crippen LogP contribution in [-0.4, -0.2) is 32.7 Å². The average Bonchev–Trinajstić information content (AvgIpc) is 3.40. The molecule has 0 saturated carbocycles. The maximum atomic E-state index is 13.6. The average molecular weight is 506 g/mol. The van der Waals surface area contributed by atoms with Crippen molar-refractivity contribution in [1.82, 2.24) is 15.1 Å². The van der Waals surface area contributed by atoms with E-state index >= 15 is 0 Å². The van der Waals surface area contributed by atoms with E-state index in [9.17, 15) is 9.90 Å². The summed E-state index contributed by atoms with van der Waals surface area (Å²) in [5.41, 5.74) is 3.55. The number of rotatable bonds is 7. The number of fused-ring (bicyclic) bond motifs is 1. The van der Waals surface area contributed by atoms with Gasteiger partial charge < -0.3 is 14.7 Å². The zero-order valence-corrected chi connectivity index (χ0v) is 20.1. The van der Waals surface area contributed by atoms with Crippen LogP contribution in [0.5, 0.6) is 11.5 Å². The number of aromatic hydroxyl groups is 1. The molecule has 0 saturated heterocycles. The van der Waals surface area contributed by atoms with Crippen molar-refractivity contribution in [2.75, 3.05) is 6.61 Å².